The van der Waals surface area contributed by atoms with Crippen molar-refractivity contribution in [3.8, 4) is 0 Å². The number of carbonyl (C=O) groups excluding carboxylic acids is 1. The lowest BCUT2D eigenvalue weighted by Gasteiger charge is -2.20. The first-order valence-corrected chi connectivity index (χ1v) is 6.02. The zero-order valence-electron chi connectivity index (χ0n) is 11.6. The second-order valence-electron chi connectivity index (χ2n) is 5.01. The zero-order valence-corrected chi connectivity index (χ0v) is 11.6. The fourth-order valence-electron chi connectivity index (χ4n) is 1.37. The van der Waals surface area contributed by atoms with Gasteiger partial charge in [-0.25, -0.2) is 4.79 Å². The van der Waals surface area contributed by atoms with Gasteiger partial charge in [-0.05, 0) is 40.7 Å². The van der Waals surface area contributed by atoms with E-state index in [0.717, 1.165) is 12.8 Å². The number of methoxy groups -OCH3 is 1. The van der Waals surface area contributed by atoms with Gasteiger partial charge in [0.1, 0.15) is 5.60 Å². The Morgan fingerprint density at radius 2 is 2.00 bits per heavy atom. The summed E-state index contributed by atoms with van der Waals surface area (Å²) in [5.74, 6) is 0. The van der Waals surface area contributed by atoms with Crippen molar-refractivity contribution in [2.75, 3.05) is 27.3 Å². The van der Waals surface area contributed by atoms with Crippen molar-refractivity contribution in [3.05, 3.63) is 0 Å². The van der Waals surface area contributed by atoms with Crippen molar-refractivity contribution in [1.82, 2.24) is 10.6 Å². The molecular weight excluding hydrogens is 220 g/mol. The lowest BCUT2D eigenvalue weighted by Crippen LogP contribution is -2.34. The molecule has 0 aliphatic rings. The predicted molar refractivity (Wildman–Crippen MR) is 68.2 cm³/mol. The van der Waals surface area contributed by atoms with Gasteiger partial charge in [0.05, 0.1) is 6.61 Å². The van der Waals surface area contributed by atoms with E-state index in [1.165, 1.54) is 0 Å². The maximum atomic E-state index is 11.3. The van der Waals surface area contributed by atoms with Gasteiger partial charge >= 0.3 is 6.09 Å². The van der Waals surface area contributed by atoms with E-state index in [-0.39, 0.29) is 6.09 Å². The third kappa shape index (κ3) is 10.1. The van der Waals surface area contributed by atoms with E-state index in [1.54, 1.807) is 7.11 Å². The molecule has 0 aromatic carbocycles. The fourth-order valence-corrected chi connectivity index (χ4v) is 1.37. The molecular formula is C12H26N2O3. The van der Waals surface area contributed by atoms with E-state index >= 15 is 0 Å². The SMILES string of the molecule is CNC(CCCNC(=O)OC(C)(C)C)COC. The maximum Gasteiger partial charge on any atom is 0.407 e. The first-order valence-electron chi connectivity index (χ1n) is 6.02. The summed E-state index contributed by atoms with van der Waals surface area (Å²) in [4.78, 5) is 11.3. The van der Waals surface area contributed by atoms with Gasteiger partial charge in [-0.15, -0.1) is 0 Å². The van der Waals surface area contributed by atoms with Crippen molar-refractivity contribution in [2.45, 2.75) is 45.3 Å². The molecule has 0 saturated carbocycles. The molecule has 5 nitrogen and oxygen atoms in total. The van der Waals surface area contributed by atoms with Crippen LogP contribution in [0.2, 0.25) is 0 Å². The van der Waals surface area contributed by atoms with Crippen LogP contribution in [0.4, 0.5) is 4.79 Å². The average molecular weight is 246 g/mol. The summed E-state index contributed by atoms with van der Waals surface area (Å²) in [6, 6.07) is 0.334. The molecule has 0 aliphatic heterocycles. The Kier molecular flexibility index (Phi) is 7.91. The van der Waals surface area contributed by atoms with Crippen LogP contribution in [0.25, 0.3) is 0 Å². The minimum Gasteiger partial charge on any atom is -0.444 e. The van der Waals surface area contributed by atoms with E-state index in [0.29, 0.717) is 19.2 Å². The Balaban J connectivity index is 3.60. The van der Waals surface area contributed by atoms with Gasteiger partial charge in [-0.3, -0.25) is 0 Å². The van der Waals surface area contributed by atoms with Gasteiger partial charge in [-0.2, -0.15) is 0 Å². The van der Waals surface area contributed by atoms with E-state index in [2.05, 4.69) is 10.6 Å². The molecule has 0 fully saturated rings. The summed E-state index contributed by atoms with van der Waals surface area (Å²) < 4.78 is 10.2. The molecule has 0 aliphatic carbocycles. The Morgan fingerprint density at radius 1 is 1.35 bits per heavy atom. The van der Waals surface area contributed by atoms with Crippen molar-refractivity contribution in [2.24, 2.45) is 0 Å². The normalized spacial score (nSPS) is 13.2. The number of nitrogens with one attached hydrogen (secondary N) is 2. The summed E-state index contributed by atoms with van der Waals surface area (Å²) in [7, 11) is 3.59. The fraction of sp³-hybridized carbons (Fsp3) is 0.917. The van der Waals surface area contributed by atoms with Crippen LogP contribution in [0.5, 0.6) is 0 Å². The van der Waals surface area contributed by atoms with Crippen LogP contribution < -0.4 is 10.6 Å². The average Bonchev–Trinajstić information content (AvgIpc) is 2.20. The minimum atomic E-state index is -0.437. The summed E-state index contributed by atoms with van der Waals surface area (Å²) >= 11 is 0. The van der Waals surface area contributed by atoms with Crippen LogP contribution in [-0.4, -0.2) is 45.0 Å². The van der Waals surface area contributed by atoms with Crippen molar-refractivity contribution in [1.29, 1.82) is 0 Å². The Labute approximate surface area is 104 Å². The number of likely N-dealkylation sites (N-methyl/N-ethyl adjacent to an activating group) is 1. The molecule has 5 heteroatoms. The Morgan fingerprint density at radius 3 is 2.47 bits per heavy atom. The summed E-state index contributed by atoms with van der Waals surface area (Å²) in [5.41, 5.74) is -0.437. The van der Waals surface area contributed by atoms with Crippen LogP contribution in [0.1, 0.15) is 33.6 Å². The smallest absolute Gasteiger partial charge is 0.407 e. The lowest BCUT2D eigenvalue weighted by molar-refractivity contribution is 0.0526. The number of hydrogen-bond acceptors (Lipinski definition) is 4. The van der Waals surface area contributed by atoms with Crippen LogP contribution in [-0.2, 0) is 9.47 Å². The topological polar surface area (TPSA) is 59.6 Å². The van der Waals surface area contributed by atoms with Gasteiger partial charge in [-0.1, -0.05) is 0 Å². The standard InChI is InChI=1S/C12H26N2O3/c1-12(2,3)17-11(15)14-8-6-7-10(13-4)9-16-5/h10,13H,6-9H2,1-5H3,(H,14,15). The molecule has 102 valence electrons. The van der Waals surface area contributed by atoms with Gasteiger partial charge in [0.2, 0.25) is 0 Å². The number of ether oxygens (including phenoxy) is 2. The molecule has 1 atom stereocenters. The molecule has 0 aromatic rings. The molecule has 1 unspecified atom stereocenters. The van der Waals surface area contributed by atoms with E-state index in [9.17, 15) is 4.79 Å². The number of alkyl carbamates (subject to hydrolysis) is 1. The van der Waals surface area contributed by atoms with E-state index in [1.807, 2.05) is 27.8 Å². The molecule has 17 heavy (non-hydrogen) atoms. The van der Waals surface area contributed by atoms with Gasteiger partial charge in [0.15, 0.2) is 0 Å². The van der Waals surface area contributed by atoms with Crippen LogP contribution in [0.15, 0.2) is 0 Å². The monoisotopic (exact) mass is 246 g/mol. The maximum absolute atomic E-state index is 11.3. The number of amides is 1. The third-order valence-corrected chi connectivity index (χ3v) is 2.17. The lowest BCUT2D eigenvalue weighted by atomic mass is 10.1. The minimum absolute atomic E-state index is 0.334. The Hall–Kier alpha value is -0.810. The number of rotatable bonds is 7. The molecule has 0 radical (unpaired) electrons. The molecule has 0 saturated heterocycles. The van der Waals surface area contributed by atoms with Crippen molar-refractivity contribution >= 4 is 6.09 Å². The molecule has 1 amide bonds. The summed E-state index contributed by atoms with van der Waals surface area (Å²) in [6.07, 6.45) is 1.50. The Bertz CT molecular complexity index is 214. The number of hydrogen-bond donors (Lipinski definition) is 2. The van der Waals surface area contributed by atoms with Crippen molar-refractivity contribution in [3.63, 3.8) is 0 Å². The van der Waals surface area contributed by atoms with E-state index in [4.69, 9.17) is 9.47 Å². The second kappa shape index (κ2) is 8.31. The first kappa shape index (κ1) is 16.2. The molecule has 0 rings (SSSR count). The summed E-state index contributed by atoms with van der Waals surface area (Å²) in [5, 5.41) is 5.89. The van der Waals surface area contributed by atoms with Crippen LogP contribution in [0.3, 0.4) is 0 Å². The second-order valence-corrected chi connectivity index (χ2v) is 5.01. The largest absolute Gasteiger partial charge is 0.444 e. The van der Waals surface area contributed by atoms with Crippen LogP contribution in [0, 0.1) is 0 Å². The van der Waals surface area contributed by atoms with E-state index < -0.39 is 5.60 Å². The van der Waals surface area contributed by atoms with Gasteiger partial charge in [0.25, 0.3) is 0 Å². The number of carbonyl (C=O) groups is 1. The molecule has 0 bridgehead atoms. The highest BCUT2D eigenvalue weighted by atomic mass is 16.6. The highest BCUT2D eigenvalue weighted by Gasteiger charge is 2.15. The summed E-state index contributed by atoms with van der Waals surface area (Å²) in [6.45, 7) is 6.85. The molecule has 0 spiro atoms. The molecule has 0 aromatic heterocycles. The highest BCUT2D eigenvalue weighted by molar-refractivity contribution is 5.67. The van der Waals surface area contributed by atoms with Gasteiger partial charge < -0.3 is 20.1 Å². The quantitative estimate of drug-likeness (QED) is 0.669. The van der Waals surface area contributed by atoms with Crippen LogP contribution >= 0.6 is 0 Å². The van der Waals surface area contributed by atoms with Gasteiger partial charge in [0, 0.05) is 19.7 Å². The molecule has 2 N–H and O–H groups in total. The predicted octanol–water partition coefficient (Wildman–Crippen LogP) is 1.53. The van der Waals surface area contributed by atoms with Crippen molar-refractivity contribution < 1.29 is 14.3 Å². The zero-order chi connectivity index (χ0) is 13.3. The third-order valence-electron chi connectivity index (χ3n) is 2.17. The molecule has 0 heterocycles. The first-order chi connectivity index (χ1) is 7.89. The highest BCUT2D eigenvalue weighted by Crippen LogP contribution is 2.06.